The van der Waals surface area contributed by atoms with Crippen LogP contribution in [0.1, 0.15) is 23.2 Å². The topological polar surface area (TPSA) is 46.3 Å². The largest absolute Gasteiger partial charge is 0.334 e. The van der Waals surface area contributed by atoms with Crippen molar-refractivity contribution in [3.63, 3.8) is 0 Å². The third-order valence-electron chi connectivity index (χ3n) is 3.07. The predicted octanol–water partition coefficient (Wildman–Crippen LogP) is 2.57. The number of likely N-dealkylation sites (tertiary alicyclic amines) is 1. The number of benzene rings is 1. The summed E-state index contributed by atoms with van der Waals surface area (Å²) in [6.07, 6.45) is 1.92. The minimum absolute atomic E-state index is 0. The quantitative estimate of drug-likeness (QED) is 0.901. The molecule has 0 aromatic heterocycles. The average Bonchev–Trinajstić information content (AvgIpc) is 2.76. The fourth-order valence-electron chi connectivity index (χ4n) is 2.17. The zero-order chi connectivity index (χ0) is 12.4. The minimum Gasteiger partial charge on any atom is -0.334 e. The van der Waals surface area contributed by atoms with Crippen molar-refractivity contribution in [2.45, 2.75) is 18.9 Å². The number of nitrogens with two attached hydrogens (primary N) is 1. The second kappa shape index (κ2) is 6.50. The maximum absolute atomic E-state index is 13.0. The molecule has 100 valence electrons. The molecular weight excluding hydrogens is 322 g/mol. The first-order chi connectivity index (χ1) is 8.13. The molecular formula is C12H15BrClFN2O. The van der Waals surface area contributed by atoms with Crippen LogP contribution in [-0.2, 0) is 0 Å². The van der Waals surface area contributed by atoms with Crippen molar-refractivity contribution in [1.29, 1.82) is 0 Å². The summed E-state index contributed by atoms with van der Waals surface area (Å²) in [5.74, 6) is -0.435. The highest BCUT2D eigenvalue weighted by Crippen LogP contribution is 2.24. The van der Waals surface area contributed by atoms with E-state index in [4.69, 9.17) is 5.73 Å². The molecule has 1 heterocycles. The number of hydrogen-bond acceptors (Lipinski definition) is 2. The Hall–Kier alpha value is -0.650. The number of carbonyl (C=O) groups excluding carboxylic acids is 1. The van der Waals surface area contributed by atoms with E-state index in [2.05, 4.69) is 15.9 Å². The van der Waals surface area contributed by atoms with Crippen LogP contribution in [0, 0.1) is 5.82 Å². The van der Waals surface area contributed by atoms with Crippen LogP contribution in [0.4, 0.5) is 4.39 Å². The van der Waals surface area contributed by atoms with E-state index in [-0.39, 0.29) is 30.2 Å². The summed E-state index contributed by atoms with van der Waals surface area (Å²) >= 11 is 3.22. The van der Waals surface area contributed by atoms with E-state index in [1.807, 2.05) is 0 Å². The highest BCUT2D eigenvalue weighted by atomic mass is 79.9. The molecule has 0 aliphatic carbocycles. The molecule has 0 spiro atoms. The summed E-state index contributed by atoms with van der Waals surface area (Å²) in [7, 11) is 0. The van der Waals surface area contributed by atoms with Crippen LogP contribution in [0.25, 0.3) is 0 Å². The summed E-state index contributed by atoms with van der Waals surface area (Å²) in [4.78, 5) is 14.0. The summed E-state index contributed by atoms with van der Waals surface area (Å²) < 4.78 is 13.4. The van der Waals surface area contributed by atoms with Gasteiger partial charge in [0.25, 0.3) is 5.91 Å². The van der Waals surface area contributed by atoms with Crippen molar-refractivity contribution >= 4 is 34.2 Å². The maximum atomic E-state index is 13.0. The fourth-order valence-corrected chi connectivity index (χ4v) is 2.69. The molecule has 1 saturated heterocycles. The van der Waals surface area contributed by atoms with E-state index >= 15 is 0 Å². The molecule has 2 rings (SSSR count). The van der Waals surface area contributed by atoms with Crippen LogP contribution in [0.15, 0.2) is 22.7 Å². The molecule has 1 fully saturated rings. The molecule has 0 radical (unpaired) electrons. The number of halogens is 3. The van der Waals surface area contributed by atoms with E-state index in [0.29, 0.717) is 16.6 Å². The molecule has 1 aromatic rings. The Morgan fingerprint density at radius 1 is 1.56 bits per heavy atom. The maximum Gasteiger partial charge on any atom is 0.255 e. The lowest BCUT2D eigenvalue weighted by atomic mass is 10.1. The second-order valence-electron chi connectivity index (χ2n) is 4.15. The minimum atomic E-state index is -0.356. The molecule has 18 heavy (non-hydrogen) atoms. The lowest BCUT2D eigenvalue weighted by Crippen LogP contribution is -2.40. The average molecular weight is 338 g/mol. The van der Waals surface area contributed by atoms with E-state index in [0.717, 1.165) is 19.4 Å². The zero-order valence-corrected chi connectivity index (χ0v) is 12.1. The number of rotatable bonds is 2. The van der Waals surface area contributed by atoms with Crippen LogP contribution in [-0.4, -0.2) is 29.9 Å². The monoisotopic (exact) mass is 336 g/mol. The predicted molar refractivity (Wildman–Crippen MR) is 74.5 cm³/mol. The van der Waals surface area contributed by atoms with Gasteiger partial charge in [-0.15, -0.1) is 12.4 Å². The Labute approximate surface area is 120 Å². The summed E-state index contributed by atoms with van der Waals surface area (Å²) in [6.45, 7) is 1.20. The summed E-state index contributed by atoms with van der Waals surface area (Å²) in [5.41, 5.74) is 6.13. The molecule has 1 unspecified atom stereocenters. The Bertz CT molecular complexity index is 444. The Kier molecular flexibility index (Phi) is 5.56. The van der Waals surface area contributed by atoms with Crippen molar-refractivity contribution in [2.24, 2.45) is 5.73 Å². The van der Waals surface area contributed by atoms with Gasteiger partial charge in [0.1, 0.15) is 5.82 Å². The summed E-state index contributed by atoms with van der Waals surface area (Å²) in [5, 5.41) is 0. The molecule has 3 nitrogen and oxygen atoms in total. The number of amides is 1. The Balaban J connectivity index is 0.00000162. The molecule has 2 N–H and O–H groups in total. The van der Waals surface area contributed by atoms with Crippen molar-refractivity contribution in [3.8, 4) is 0 Å². The van der Waals surface area contributed by atoms with Crippen molar-refractivity contribution in [3.05, 3.63) is 34.1 Å². The van der Waals surface area contributed by atoms with Crippen LogP contribution < -0.4 is 5.73 Å². The van der Waals surface area contributed by atoms with Gasteiger partial charge in [0, 0.05) is 23.6 Å². The van der Waals surface area contributed by atoms with E-state index in [1.54, 1.807) is 4.90 Å². The van der Waals surface area contributed by atoms with Crippen LogP contribution in [0.3, 0.4) is 0 Å². The number of hydrogen-bond donors (Lipinski definition) is 1. The lowest BCUT2D eigenvalue weighted by Gasteiger charge is -2.24. The van der Waals surface area contributed by atoms with Crippen molar-refractivity contribution < 1.29 is 9.18 Å². The molecule has 1 aromatic carbocycles. The van der Waals surface area contributed by atoms with Gasteiger partial charge in [-0.1, -0.05) is 0 Å². The first-order valence-electron chi connectivity index (χ1n) is 5.59. The highest BCUT2D eigenvalue weighted by Gasteiger charge is 2.29. The van der Waals surface area contributed by atoms with Gasteiger partial charge < -0.3 is 10.6 Å². The second-order valence-corrected chi connectivity index (χ2v) is 5.01. The smallest absolute Gasteiger partial charge is 0.255 e. The van der Waals surface area contributed by atoms with Gasteiger partial charge in [-0.05, 0) is 47.0 Å². The molecule has 6 heteroatoms. The van der Waals surface area contributed by atoms with Gasteiger partial charge in [0.2, 0.25) is 0 Å². The zero-order valence-electron chi connectivity index (χ0n) is 9.73. The number of carbonyl (C=O) groups is 1. The molecule has 1 amide bonds. The molecule has 1 aliphatic rings. The van der Waals surface area contributed by atoms with Crippen molar-refractivity contribution in [2.75, 3.05) is 13.1 Å². The standard InChI is InChI=1S/C12H14BrFN2O.ClH/c13-11-6-8(14)3-4-10(11)12(17)16-5-1-2-9(16)7-15;/h3-4,6,9H,1-2,5,7,15H2;1H. The lowest BCUT2D eigenvalue weighted by molar-refractivity contribution is 0.0740. The summed E-state index contributed by atoms with van der Waals surface area (Å²) in [6, 6.07) is 4.22. The first kappa shape index (κ1) is 15.4. The van der Waals surface area contributed by atoms with Gasteiger partial charge in [-0.25, -0.2) is 4.39 Å². The Morgan fingerprint density at radius 3 is 2.89 bits per heavy atom. The Morgan fingerprint density at radius 2 is 2.28 bits per heavy atom. The van der Waals surface area contributed by atoms with E-state index in [1.165, 1.54) is 18.2 Å². The van der Waals surface area contributed by atoms with Crippen LogP contribution in [0.2, 0.25) is 0 Å². The molecule has 0 bridgehead atoms. The number of nitrogens with zero attached hydrogens (tertiary/aromatic N) is 1. The highest BCUT2D eigenvalue weighted by molar-refractivity contribution is 9.10. The normalized spacial score (nSPS) is 18.6. The van der Waals surface area contributed by atoms with Gasteiger partial charge in [-0.3, -0.25) is 4.79 Å². The van der Waals surface area contributed by atoms with Gasteiger partial charge in [0.05, 0.1) is 5.56 Å². The third-order valence-corrected chi connectivity index (χ3v) is 3.73. The molecule has 0 saturated carbocycles. The van der Waals surface area contributed by atoms with E-state index < -0.39 is 0 Å². The van der Waals surface area contributed by atoms with Crippen molar-refractivity contribution in [1.82, 2.24) is 4.90 Å². The van der Waals surface area contributed by atoms with Gasteiger partial charge >= 0.3 is 0 Å². The van der Waals surface area contributed by atoms with E-state index in [9.17, 15) is 9.18 Å². The van der Waals surface area contributed by atoms with Gasteiger partial charge in [0.15, 0.2) is 0 Å². The SMILES string of the molecule is Cl.NCC1CCCN1C(=O)c1ccc(F)cc1Br. The van der Waals surface area contributed by atoms with Gasteiger partial charge in [-0.2, -0.15) is 0 Å². The first-order valence-corrected chi connectivity index (χ1v) is 6.39. The molecule has 1 aliphatic heterocycles. The van der Waals surface area contributed by atoms with Crippen LogP contribution >= 0.6 is 28.3 Å². The van der Waals surface area contributed by atoms with Crippen LogP contribution in [0.5, 0.6) is 0 Å². The third kappa shape index (κ3) is 3.02. The fraction of sp³-hybridized carbons (Fsp3) is 0.417. The molecule has 1 atom stereocenters.